The summed E-state index contributed by atoms with van der Waals surface area (Å²) in [6.07, 6.45) is 3.53. The first-order valence-corrected chi connectivity index (χ1v) is 7.54. The Morgan fingerprint density at radius 2 is 1.57 bits per heavy atom. The number of hydrogen-bond donors (Lipinski definition) is 0. The molecule has 0 spiro atoms. The number of nitrogens with zero attached hydrogens (tertiary/aromatic N) is 4. The van der Waals surface area contributed by atoms with Gasteiger partial charge in [0, 0.05) is 30.6 Å². The first kappa shape index (κ1) is 13.6. The Morgan fingerprint density at radius 3 is 2.35 bits per heavy atom. The molecule has 2 heterocycles. The molecule has 0 saturated heterocycles. The van der Waals surface area contributed by atoms with Crippen LogP contribution in [0.3, 0.4) is 0 Å². The van der Waals surface area contributed by atoms with Crippen LogP contribution < -0.4 is 0 Å². The van der Waals surface area contributed by atoms with Crippen LogP contribution in [0.2, 0.25) is 0 Å². The van der Waals surface area contributed by atoms with E-state index in [1.54, 1.807) is 12.4 Å². The molecule has 0 aliphatic heterocycles. The van der Waals surface area contributed by atoms with Crippen molar-refractivity contribution in [2.24, 2.45) is 7.05 Å². The van der Waals surface area contributed by atoms with E-state index in [1.807, 2.05) is 30.3 Å². The second-order valence-electron chi connectivity index (χ2n) is 5.53. The van der Waals surface area contributed by atoms with E-state index in [-0.39, 0.29) is 0 Å². The Balaban J connectivity index is 1.94. The first-order chi connectivity index (χ1) is 11.3. The van der Waals surface area contributed by atoms with Crippen molar-refractivity contribution in [3.05, 3.63) is 66.5 Å². The Labute approximate surface area is 134 Å². The average molecular weight is 300 g/mol. The lowest BCUT2D eigenvalue weighted by molar-refractivity contribution is 0.957. The fourth-order valence-corrected chi connectivity index (χ4v) is 2.94. The maximum Gasteiger partial charge on any atom is 0.159 e. The van der Waals surface area contributed by atoms with Gasteiger partial charge >= 0.3 is 0 Å². The van der Waals surface area contributed by atoms with Crippen LogP contribution in [0, 0.1) is 6.92 Å². The van der Waals surface area contributed by atoms with E-state index in [1.165, 1.54) is 0 Å². The van der Waals surface area contributed by atoms with Gasteiger partial charge < -0.3 is 4.57 Å². The summed E-state index contributed by atoms with van der Waals surface area (Å²) in [5.74, 6) is 1.70. The lowest BCUT2D eigenvalue weighted by Crippen LogP contribution is -1.97. The van der Waals surface area contributed by atoms with Gasteiger partial charge in [0.1, 0.15) is 5.82 Å². The molecule has 4 heteroatoms. The van der Waals surface area contributed by atoms with E-state index in [0.29, 0.717) is 0 Å². The molecule has 0 N–H and O–H groups in total. The number of imidazole rings is 1. The Morgan fingerprint density at radius 1 is 0.826 bits per heavy atom. The monoisotopic (exact) mass is 300 g/mol. The molecule has 0 saturated carbocycles. The summed E-state index contributed by atoms with van der Waals surface area (Å²) in [5.41, 5.74) is 5.41. The van der Waals surface area contributed by atoms with Gasteiger partial charge in [0.2, 0.25) is 0 Å². The third kappa shape index (κ3) is 2.19. The van der Waals surface area contributed by atoms with Crippen molar-refractivity contribution in [3.8, 4) is 22.8 Å². The molecular formula is C19H16N4. The third-order valence-electron chi connectivity index (χ3n) is 4.17. The minimum Gasteiger partial charge on any atom is -0.327 e. The van der Waals surface area contributed by atoms with Crippen LogP contribution in [0.25, 0.3) is 33.8 Å². The molecule has 0 unspecified atom stereocenters. The summed E-state index contributed by atoms with van der Waals surface area (Å²) in [4.78, 5) is 13.5. The van der Waals surface area contributed by atoms with E-state index >= 15 is 0 Å². The molecule has 0 atom stereocenters. The van der Waals surface area contributed by atoms with Gasteiger partial charge in [-0.05, 0) is 30.7 Å². The van der Waals surface area contributed by atoms with E-state index in [4.69, 9.17) is 4.98 Å². The van der Waals surface area contributed by atoms with E-state index in [2.05, 4.69) is 46.7 Å². The van der Waals surface area contributed by atoms with Crippen molar-refractivity contribution < 1.29 is 0 Å². The Bertz CT molecular complexity index is 987. The zero-order valence-corrected chi connectivity index (χ0v) is 13.1. The van der Waals surface area contributed by atoms with Crippen molar-refractivity contribution in [1.29, 1.82) is 0 Å². The predicted octanol–water partition coefficient (Wildman–Crippen LogP) is 4.01. The summed E-state index contributed by atoms with van der Waals surface area (Å²) < 4.78 is 2.13. The second-order valence-corrected chi connectivity index (χ2v) is 5.53. The molecule has 0 fully saturated rings. The fraction of sp³-hybridized carbons (Fsp3) is 0.105. The molecule has 2 aromatic heterocycles. The topological polar surface area (TPSA) is 43.6 Å². The van der Waals surface area contributed by atoms with Crippen LogP contribution in [0.4, 0.5) is 0 Å². The van der Waals surface area contributed by atoms with E-state index < -0.39 is 0 Å². The van der Waals surface area contributed by atoms with Crippen molar-refractivity contribution in [2.75, 3.05) is 0 Å². The summed E-state index contributed by atoms with van der Waals surface area (Å²) in [6.45, 7) is 2.10. The number of aromatic nitrogens is 4. The van der Waals surface area contributed by atoms with Crippen LogP contribution in [0.5, 0.6) is 0 Å². The largest absolute Gasteiger partial charge is 0.327 e. The molecule has 4 rings (SSSR count). The van der Waals surface area contributed by atoms with Gasteiger partial charge in [-0.15, -0.1) is 0 Å². The molecule has 0 amide bonds. The van der Waals surface area contributed by atoms with Crippen LogP contribution in [0.1, 0.15) is 5.56 Å². The van der Waals surface area contributed by atoms with Crippen LogP contribution in [0.15, 0.2) is 60.9 Å². The van der Waals surface area contributed by atoms with Crippen LogP contribution in [-0.4, -0.2) is 19.5 Å². The SMILES string of the molecule is Cc1c(-c2ncccn2)cccc1-c1nc2ccccc2n1C. The highest BCUT2D eigenvalue weighted by atomic mass is 15.1. The standard InChI is InChI=1S/C19H16N4/c1-13-14(18-20-11-6-12-21-18)7-5-8-15(13)19-22-16-9-3-4-10-17(16)23(19)2/h3-12H,1-2H3. The van der Waals surface area contributed by atoms with E-state index in [0.717, 1.165) is 39.4 Å². The maximum absolute atomic E-state index is 4.80. The van der Waals surface area contributed by atoms with Crippen LogP contribution in [-0.2, 0) is 7.05 Å². The molecule has 0 aliphatic carbocycles. The van der Waals surface area contributed by atoms with Crippen molar-refractivity contribution in [2.45, 2.75) is 6.92 Å². The molecule has 0 bridgehead atoms. The lowest BCUT2D eigenvalue weighted by Gasteiger charge is -2.10. The first-order valence-electron chi connectivity index (χ1n) is 7.54. The van der Waals surface area contributed by atoms with Gasteiger partial charge in [0.15, 0.2) is 5.82 Å². The normalized spacial score (nSPS) is 11.0. The Kier molecular flexibility index (Phi) is 3.15. The highest BCUT2D eigenvalue weighted by Crippen LogP contribution is 2.31. The number of benzene rings is 2. The zero-order chi connectivity index (χ0) is 15.8. The predicted molar refractivity (Wildman–Crippen MR) is 91.9 cm³/mol. The van der Waals surface area contributed by atoms with Gasteiger partial charge in [-0.25, -0.2) is 15.0 Å². The van der Waals surface area contributed by atoms with Crippen molar-refractivity contribution in [3.63, 3.8) is 0 Å². The molecule has 0 aliphatic rings. The Hall–Kier alpha value is -3.01. The molecular weight excluding hydrogens is 284 g/mol. The number of hydrogen-bond acceptors (Lipinski definition) is 3. The second kappa shape index (κ2) is 5.32. The highest BCUT2D eigenvalue weighted by molar-refractivity contribution is 5.82. The number of para-hydroxylation sites is 2. The summed E-state index contributed by atoms with van der Waals surface area (Å²) in [6, 6.07) is 16.2. The summed E-state index contributed by atoms with van der Waals surface area (Å²) in [7, 11) is 2.05. The molecule has 4 nitrogen and oxygen atoms in total. The molecule has 4 aromatic rings. The van der Waals surface area contributed by atoms with Gasteiger partial charge in [-0.1, -0.05) is 30.3 Å². The smallest absolute Gasteiger partial charge is 0.159 e. The number of fused-ring (bicyclic) bond motifs is 1. The quantitative estimate of drug-likeness (QED) is 0.562. The molecule has 112 valence electrons. The summed E-state index contributed by atoms with van der Waals surface area (Å²) in [5, 5.41) is 0. The minimum atomic E-state index is 0.741. The minimum absolute atomic E-state index is 0.741. The van der Waals surface area contributed by atoms with E-state index in [9.17, 15) is 0 Å². The number of aryl methyl sites for hydroxylation is 1. The molecule has 2 aromatic carbocycles. The molecule has 0 radical (unpaired) electrons. The fourth-order valence-electron chi connectivity index (χ4n) is 2.94. The zero-order valence-electron chi connectivity index (χ0n) is 13.1. The summed E-state index contributed by atoms with van der Waals surface area (Å²) >= 11 is 0. The highest BCUT2D eigenvalue weighted by Gasteiger charge is 2.14. The van der Waals surface area contributed by atoms with Gasteiger partial charge in [0.05, 0.1) is 11.0 Å². The number of rotatable bonds is 2. The third-order valence-corrected chi connectivity index (χ3v) is 4.17. The average Bonchev–Trinajstić information content (AvgIpc) is 2.93. The van der Waals surface area contributed by atoms with Crippen LogP contribution >= 0.6 is 0 Å². The van der Waals surface area contributed by atoms with Gasteiger partial charge in [0.25, 0.3) is 0 Å². The van der Waals surface area contributed by atoms with Gasteiger partial charge in [-0.3, -0.25) is 0 Å². The lowest BCUT2D eigenvalue weighted by atomic mass is 10.0. The molecule has 23 heavy (non-hydrogen) atoms. The van der Waals surface area contributed by atoms with Crippen molar-refractivity contribution in [1.82, 2.24) is 19.5 Å². The van der Waals surface area contributed by atoms with Crippen molar-refractivity contribution >= 4 is 11.0 Å². The van der Waals surface area contributed by atoms with Gasteiger partial charge in [-0.2, -0.15) is 0 Å². The maximum atomic E-state index is 4.80.